The number of hydrogen-bond acceptors (Lipinski definition) is 7. The third kappa shape index (κ3) is 5.67. The van der Waals surface area contributed by atoms with Gasteiger partial charge < -0.3 is 14.5 Å². The predicted octanol–water partition coefficient (Wildman–Crippen LogP) is 5.11. The lowest BCUT2D eigenvalue weighted by molar-refractivity contribution is 0.0567. The second-order valence-corrected chi connectivity index (χ2v) is 11.2. The van der Waals surface area contributed by atoms with Crippen LogP contribution in [0.5, 0.6) is 5.75 Å². The molecule has 4 aromatic rings. The van der Waals surface area contributed by atoms with Gasteiger partial charge in [0.05, 0.1) is 19.3 Å². The van der Waals surface area contributed by atoms with Crippen LogP contribution in [0, 0.1) is 6.92 Å². The molecule has 6 rings (SSSR count). The van der Waals surface area contributed by atoms with Gasteiger partial charge in [-0.2, -0.15) is 0 Å². The van der Waals surface area contributed by atoms with Gasteiger partial charge in [-0.05, 0) is 83.8 Å². The Hall–Kier alpha value is -3.56. The van der Waals surface area contributed by atoms with Crippen molar-refractivity contribution in [3.8, 4) is 5.75 Å². The Balaban J connectivity index is 1.48. The number of nitrogens with one attached hydrogen (secondary N) is 1. The first-order valence-electron chi connectivity index (χ1n) is 14.5. The number of aromatic nitrogens is 5. The zero-order chi connectivity index (χ0) is 27.5. The Bertz CT molecular complexity index is 1490. The van der Waals surface area contributed by atoms with Crippen molar-refractivity contribution in [2.45, 2.75) is 76.6 Å². The minimum atomic E-state index is -0.447. The van der Waals surface area contributed by atoms with Crippen LogP contribution in [0.2, 0.25) is 0 Å². The van der Waals surface area contributed by atoms with Crippen LogP contribution in [-0.2, 0) is 11.3 Å². The third-order valence-electron chi connectivity index (χ3n) is 8.38. The number of aromatic amines is 1. The summed E-state index contributed by atoms with van der Waals surface area (Å²) in [5, 5.41) is 14.3. The summed E-state index contributed by atoms with van der Waals surface area (Å²) in [7, 11) is 1.67. The molecule has 2 unspecified atom stereocenters. The van der Waals surface area contributed by atoms with Gasteiger partial charge in [0.2, 0.25) is 0 Å². The molecule has 40 heavy (non-hydrogen) atoms. The van der Waals surface area contributed by atoms with E-state index in [2.05, 4.69) is 49.7 Å². The molecule has 210 valence electrons. The molecule has 2 atom stereocenters. The van der Waals surface area contributed by atoms with E-state index < -0.39 is 6.04 Å². The normalized spacial score (nSPS) is 18.9. The van der Waals surface area contributed by atoms with Gasteiger partial charge in [-0.25, -0.2) is 4.68 Å². The van der Waals surface area contributed by atoms with E-state index in [9.17, 15) is 4.79 Å². The molecule has 2 aromatic carbocycles. The number of fused-ring (bicyclic) bond motifs is 1. The summed E-state index contributed by atoms with van der Waals surface area (Å²) in [6, 6.07) is 16.1. The number of benzene rings is 2. The number of ether oxygens (including phenoxy) is 2. The molecule has 1 saturated heterocycles. The molecule has 2 fully saturated rings. The first-order chi connectivity index (χ1) is 19.6. The fourth-order valence-electron chi connectivity index (χ4n) is 6.28. The van der Waals surface area contributed by atoms with E-state index in [0.29, 0.717) is 18.7 Å². The molecule has 2 aromatic heterocycles. The van der Waals surface area contributed by atoms with Gasteiger partial charge in [0.25, 0.3) is 5.56 Å². The zero-order valence-electron chi connectivity index (χ0n) is 23.4. The number of aryl methyl sites for hydroxylation is 1. The number of rotatable bonds is 9. The van der Waals surface area contributed by atoms with Crippen LogP contribution < -0.4 is 10.3 Å². The maximum Gasteiger partial charge on any atom is 0.253 e. The summed E-state index contributed by atoms with van der Waals surface area (Å²) in [6.07, 6.45) is 7.77. The lowest BCUT2D eigenvalue weighted by Gasteiger charge is -2.34. The fourth-order valence-corrected chi connectivity index (χ4v) is 6.28. The van der Waals surface area contributed by atoms with E-state index >= 15 is 0 Å². The van der Waals surface area contributed by atoms with Crippen LogP contribution in [-0.4, -0.2) is 56.5 Å². The van der Waals surface area contributed by atoms with Gasteiger partial charge in [-0.1, -0.05) is 43.5 Å². The average molecular weight is 543 g/mol. The van der Waals surface area contributed by atoms with Crippen molar-refractivity contribution in [1.82, 2.24) is 30.1 Å². The Kier molecular flexibility index (Phi) is 7.93. The van der Waals surface area contributed by atoms with Crippen molar-refractivity contribution in [2.75, 3.05) is 20.3 Å². The first-order valence-corrected chi connectivity index (χ1v) is 14.5. The quantitative estimate of drug-likeness (QED) is 0.314. The number of hydrogen-bond donors (Lipinski definition) is 1. The van der Waals surface area contributed by atoms with Crippen molar-refractivity contribution in [3.05, 3.63) is 81.4 Å². The number of pyridine rings is 1. The van der Waals surface area contributed by atoms with Crippen molar-refractivity contribution < 1.29 is 9.47 Å². The van der Waals surface area contributed by atoms with Crippen LogP contribution in [0.3, 0.4) is 0 Å². The predicted molar refractivity (Wildman–Crippen MR) is 153 cm³/mol. The summed E-state index contributed by atoms with van der Waals surface area (Å²) in [4.78, 5) is 19.3. The standard InChI is InChI=1S/C31H38N6O3/c1-21-10-13-23-18-27(31(38)32-28(23)17-21)29(30-33-34-35-37(30)24-7-4-3-5-8-24)36(20-26-9-6-16-40-26)19-22-11-14-25(39-2)15-12-22/h10-15,17-18,24,26,29H,3-9,16,19-20H2,1-2H3,(H,32,38). The van der Waals surface area contributed by atoms with Crippen molar-refractivity contribution in [3.63, 3.8) is 0 Å². The van der Waals surface area contributed by atoms with Crippen LogP contribution in [0.4, 0.5) is 0 Å². The molecular formula is C31H38N6O3. The van der Waals surface area contributed by atoms with Gasteiger partial charge in [0, 0.05) is 30.8 Å². The highest BCUT2D eigenvalue weighted by atomic mass is 16.5. The molecule has 9 heteroatoms. The van der Waals surface area contributed by atoms with E-state index in [1.807, 2.05) is 35.9 Å². The van der Waals surface area contributed by atoms with E-state index in [0.717, 1.165) is 78.7 Å². The van der Waals surface area contributed by atoms with E-state index in [4.69, 9.17) is 9.47 Å². The smallest absolute Gasteiger partial charge is 0.253 e. The Morgan fingerprint density at radius 3 is 2.65 bits per heavy atom. The van der Waals surface area contributed by atoms with Crippen LogP contribution in [0.1, 0.15) is 79.5 Å². The third-order valence-corrected chi connectivity index (χ3v) is 8.38. The molecule has 0 spiro atoms. The monoisotopic (exact) mass is 542 g/mol. The highest BCUT2D eigenvalue weighted by molar-refractivity contribution is 5.79. The minimum absolute atomic E-state index is 0.0851. The highest BCUT2D eigenvalue weighted by Crippen LogP contribution is 2.34. The molecule has 1 aliphatic heterocycles. The number of H-pyrrole nitrogens is 1. The molecule has 3 heterocycles. The van der Waals surface area contributed by atoms with Gasteiger partial charge in [-0.3, -0.25) is 9.69 Å². The van der Waals surface area contributed by atoms with Crippen molar-refractivity contribution in [1.29, 1.82) is 0 Å². The van der Waals surface area contributed by atoms with Gasteiger partial charge in [0.1, 0.15) is 11.8 Å². The topological polar surface area (TPSA) is 98.2 Å². The summed E-state index contributed by atoms with van der Waals surface area (Å²) >= 11 is 0. The Labute approximate surface area is 234 Å². The van der Waals surface area contributed by atoms with E-state index in [1.54, 1.807) is 7.11 Å². The SMILES string of the molecule is COc1ccc(CN(CC2CCCO2)C(c2cc3ccc(C)cc3[nH]c2=O)c2nnnn2C2CCCCC2)cc1. The van der Waals surface area contributed by atoms with Gasteiger partial charge in [-0.15, -0.1) is 5.10 Å². The molecule has 1 aliphatic carbocycles. The van der Waals surface area contributed by atoms with Crippen LogP contribution in [0.25, 0.3) is 10.9 Å². The maximum absolute atomic E-state index is 13.8. The van der Waals surface area contributed by atoms with E-state index in [1.165, 1.54) is 6.42 Å². The molecular weight excluding hydrogens is 504 g/mol. The maximum atomic E-state index is 13.8. The Morgan fingerprint density at radius 1 is 1.07 bits per heavy atom. The minimum Gasteiger partial charge on any atom is -0.497 e. The number of tetrazole rings is 1. The molecule has 1 saturated carbocycles. The second kappa shape index (κ2) is 11.9. The summed E-state index contributed by atoms with van der Waals surface area (Å²) in [5.41, 5.74) is 3.59. The molecule has 2 aliphatic rings. The zero-order valence-corrected chi connectivity index (χ0v) is 23.4. The lowest BCUT2D eigenvalue weighted by Crippen LogP contribution is -2.39. The summed E-state index contributed by atoms with van der Waals surface area (Å²) in [5.74, 6) is 1.53. The van der Waals surface area contributed by atoms with Crippen LogP contribution in [0.15, 0.2) is 53.3 Å². The number of methoxy groups -OCH3 is 1. The second-order valence-electron chi connectivity index (χ2n) is 11.2. The fraction of sp³-hybridized carbons (Fsp3) is 0.484. The van der Waals surface area contributed by atoms with E-state index in [-0.39, 0.29) is 17.7 Å². The molecule has 1 N–H and O–H groups in total. The average Bonchev–Trinajstić information content (AvgIpc) is 3.67. The highest BCUT2D eigenvalue weighted by Gasteiger charge is 2.35. The van der Waals surface area contributed by atoms with Gasteiger partial charge >= 0.3 is 0 Å². The molecule has 0 amide bonds. The van der Waals surface area contributed by atoms with Gasteiger partial charge in [0.15, 0.2) is 5.82 Å². The molecule has 9 nitrogen and oxygen atoms in total. The molecule has 0 radical (unpaired) electrons. The Morgan fingerprint density at radius 2 is 1.90 bits per heavy atom. The molecule has 0 bridgehead atoms. The van der Waals surface area contributed by atoms with Crippen molar-refractivity contribution in [2.24, 2.45) is 0 Å². The summed E-state index contributed by atoms with van der Waals surface area (Å²) < 4.78 is 13.5. The van der Waals surface area contributed by atoms with Crippen molar-refractivity contribution >= 4 is 10.9 Å². The van der Waals surface area contributed by atoms with Crippen LogP contribution >= 0.6 is 0 Å². The number of nitrogens with zero attached hydrogens (tertiary/aromatic N) is 5. The largest absolute Gasteiger partial charge is 0.497 e. The summed E-state index contributed by atoms with van der Waals surface area (Å²) in [6.45, 7) is 4.07. The lowest BCUT2D eigenvalue weighted by atomic mass is 9.95. The first kappa shape index (κ1) is 26.7.